The van der Waals surface area contributed by atoms with Crippen LogP contribution in [0, 0.1) is 6.92 Å². The van der Waals surface area contributed by atoms with Crippen molar-refractivity contribution in [1.82, 2.24) is 4.98 Å². The van der Waals surface area contributed by atoms with Gasteiger partial charge in [-0.1, -0.05) is 72.8 Å². The Morgan fingerprint density at radius 3 is 2.15 bits per heavy atom. The quantitative estimate of drug-likeness (QED) is 0.378. The number of aliphatic hydroxyl groups is 1. The molecular weight excluding hydrogens is 448 g/mol. The molecule has 4 aromatic rings. The Kier molecular flexibility index (Phi) is 6.86. The zero-order valence-electron chi connectivity index (χ0n) is 18.8. The van der Waals surface area contributed by atoms with Crippen LogP contribution in [0.2, 0.25) is 0 Å². The van der Waals surface area contributed by atoms with Crippen LogP contribution in [0.5, 0.6) is 0 Å². The number of anilines is 2. The molecule has 1 amide bonds. The Balaban J connectivity index is 1.56. The van der Waals surface area contributed by atoms with Crippen molar-refractivity contribution >= 4 is 34.0 Å². The largest absolute Gasteiger partial charge is 0.456 e. The molecule has 0 aliphatic heterocycles. The summed E-state index contributed by atoms with van der Waals surface area (Å²) >= 11 is 1.28. The molecular formula is C27H24N2O4S. The van der Waals surface area contributed by atoms with Crippen LogP contribution in [-0.4, -0.2) is 22.0 Å². The number of esters is 1. The molecule has 3 aromatic carbocycles. The average molecular weight is 473 g/mol. The van der Waals surface area contributed by atoms with Crippen molar-refractivity contribution in [3.63, 3.8) is 0 Å². The maximum atomic E-state index is 13.2. The van der Waals surface area contributed by atoms with E-state index in [1.54, 1.807) is 53.9 Å². The molecule has 7 heteroatoms. The fraction of sp³-hybridized carbons (Fsp3) is 0.148. The molecule has 0 aliphatic rings. The van der Waals surface area contributed by atoms with Crippen LogP contribution in [0.4, 0.5) is 10.8 Å². The molecule has 0 fully saturated rings. The second kappa shape index (κ2) is 9.99. The topological polar surface area (TPSA) is 79.7 Å². The molecule has 0 bridgehead atoms. The number of hydrogen-bond acceptors (Lipinski definition) is 6. The van der Waals surface area contributed by atoms with Crippen molar-refractivity contribution in [1.29, 1.82) is 0 Å². The molecule has 172 valence electrons. The van der Waals surface area contributed by atoms with Gasteiger partial charge in [0.1, 0.15) is 6.61 Å². The minimum atomic E-state index is -1.96. The van der Waals surface area contributed by atoms with Crippen molar-refractivity contribution in [3.8, 4) is 0 Å². The molecule has 1 N–H and O–H groups in total. The van der Waals surface area contributed by atoms with Crippen LogP contribution in [0.3, 0.4) is 0 Å². The summed E-state index contributed by atoms with van der Waals surface area (Å²) in [5.74, 6) is -0.979. The fourth-order valence-corrected chi connectivity index (χ4v) is 4.54. The lowest BCUT2D eigenvalue weighted by molar-refractivity contribution is -0.163. The van der Waals surface area contributed by atoms with Crippen LogP contribution < -0.4 is 4.90 Å². The van der Waals surface area contributed by atoms with E-state index in [4.69, 9.17) is 4.74 Å². The second-order valence-corrected chi connectivity index (χ2v) is 8.67. The zero-order chi connectivity index (χ0) is 24.1. The molecule has 1 aromatic heterocycles. The van der Waals surface area contributed by atoms with E-state index in [0.717, 1.165) is 5.56 Å². The summed E-state index contributed by atoms with van der Waals surface area (Å²) < 4.78 is 5.53. The maximum absolute atomic E-state index is 13.2. The van der Waals surface area contributed by atoms with E-state index in [0.29, 0.717) is 27.6 Å². The molecule has 0 unspecified atom stereocenters. The normalized spacial score (nSPS) is 11.1. The first kappa shape index (κ1) is 23.4. The molecule has 0 saturated heterocycles. The van der Waals surface area contributed by atoms with Gasteiger partial charge in [-0.3, -0.25) is 9.69 Å². The number of carbonyl (C=O) groups excluding carboxylic acids is 2. The van der Waals surface area contributed by atoms with Gasteiger partial charge in [-0.15, -0.1) is 11.3 Å². The Morgan fingerprint density at radius 1 is 0.971 bits per heavy atom. The summed E-state index contributed by atoms with van der Waals surface area (Å²) in [6.07, 6.45) is 0. The Labute approximate surface area is 202 Å². The van der Waals surface area contributed by atoms with Crippen LogP contribution in [-0.2, 0) is 26.5 Å². The zero-order valence-corrected chi connectivity index (χ0v) is 19.7. The number of aryl methyl sites for hydroxylation is 1. The molecule has 34 heavy (non-hydrogen) atoms. The third-order valence-electron chi connectivity index (χ3n) is 5.34. The van der Waals surface area contributed by atoms with E-state index in [1.165, 1.54) is 23.2 Å². The Morgan fingerprint density at radius 2 is 1.59 bits per heavy atom. The highest BCUT2D eigenvalue weighted by Gasteiger charge is 2.41. The fourth-order valence-electron chi connectivity index (χ4n) is 3.66. The van der Waals surface area contributed by atoms with Gasteiger partial charge in [0.05, 0.1) is 11.4 Å². The molecule has 4 rings (SSSR count). The summed E-state index contributed by atoms with van der Waals surface area (Å²) in [5.41, 5.74) is 1.08. The number of thiazole rings is 1. The summed E-state index contributed by atoms with van der Waals surface area (Å²) in [5, 5.41) is 13.7. The number of hydrogen-bond donors (Lipinski definition) is 1. The van der Waals surface area contributed by atoms with E-state index >= 15 is 0 Å². The van der Waals surface area contributed by atoms with Crippen LogP contribution in [0.25, 0.3) is 0 Å². The number of amides is 1. The first-order valence-electron chi connectivity index (χ1n) is 10.7. The highest BCUT2D eigenvalue weighted by atomic mass is 32.1. The van der Waals surface area contributed by atoms with Crippen molar-refractivity contribution in [2.45, 2.75) is 26.1 Å². The lowest BCUT2D eigenvalue weighted by Gasteiger charge is -2.26. The van der Waals surface area contributed by atoms with E-state index in [-0.39, 0.29) is 12.5 Å². The standard InChI is InChI=1S/C27H24N2O4S/c1-19-10-9-15-24(16-19)29(20(2)30)26-28-23(18-34-26)17-33-25(31)27(32,21-11-5-3-6-12-21)22-13-7-4-8-14-22/h3-16,18,32H,17H2,1-2H3. The van der Waals surface area contributed by atoms with Gasteiger partial charge in [-0.25, -0.2) is 9.78 Å². The second-order valence-electron chi connectivity index (χ2n) is 7.83. The highest BCUT2D eigenvalue weighted by Crippen LogP contribution is 2.33. The minimum Gasteiger partial charge on any atom is -0.456 e. The van der Waals surface area contributed by atoms with Gasteiger partial charge in [-0.05, 0) is 35.7 Å². The molecule has 0 atom stereocenters. The summed E-state index contributed by atoms with van der Waals surface area (Å²) in [4.78, 5) is 31.6. The smallest absolute Gasteiger partial charge is 0.348 e. The van der Waals surface area contributed by atoms with Gasteiger partial charge in [0.2, 0.25) is 11.5 Å². The monoisotopic (exact) mass is 472 g/mol. The van der Waals surface area contributed by atoms with Gasteiger partial charge >= 0.3 is 5.97 Å². The molecule has 0 spiro atoms. The number of rotatable bonds is 7. The lowest BCUT2D eigenvalue weighted by Crippen LogP contribution is -2.38. The van der Waals surface area contributed by atoms with Crippen LogP contribution >= 0.6 is 11.3 Å². The number of nitrogens with zero attached hydrogens (tertiary/aromatic N) is 2. The van der Waals surface area contributed by atoms with Gasteiger partial charge in [-0.2, -0.15) is 0 Å². The third-order valence-corrected chi connectivity index (χ3v) is 6.21. The van der Waals surface area contributed by atoms with Crippen molar-refractivity contribution < 1.29 is 19.4 Å². The van der Waals surface area contributed by atoms with Gasteiger partial charge in [0.25, 0.3) is 0 Å². The molecule has 0 aliphatic carbocycles. The SMILES string of the molecule is CC(=O)N(c1cccc(C)c1)c1nc(COC(=O)C(O)(c2ccccc2)c2ccccc2)cs1. The highest BCUT2D eigenvalue weighted by molar-refractivity contribution is 7.14. The van der Waals surface area contributed by atoms with Crippen LogP contribution in [0.15, 0.2) is 90.3 Å². The number of benzene rings is 3. The van der Waals surface area contributed by atoms with Gasteiger partial charge in [0.15, 0.2) is 5.13 Å². The van der Waals surface area contributed by atoms with Crippen molar-refractivity contribution in [2.24, 2.45) is 0 Å². The van der Waals surface area contributed by atoms with E-state index in [9.17, 15) is 14.7 Å². The first-order valence-corrected chi connectivity index (χ1v) is 11.6. The van der Waals surface area contributed by atoms with Gasteiger partial charge < -0.3 is 9.84 Å². The Bertz CT molecular complexity index is 1250. The van der Waals surface area contributed by atoms with Crippen molar-refractivity contribution in [3.05, 3.63) is 113 Å². The van der Waals surface area contributed by atoms with E-state index < -0.39 is 11.6 Å². The van der Waals surface area contributed by atoms with Crippen LogP contribution in [0.1, 0.15) is 29.3 Å². The summed E-state index contributed by atoms with van der Waals surface area (Å²) in [7, 11) is 0. The third kappa shape index (κ3) is 4.76. The predicted octanol–water partition coefficient (Wildman–Crippen LogP) is 5.12. The molecule has 1 heterocycles. The summed E-state index contributed by atoms with van der Waals surface area (Å²) in [6, 6.07) is 25.0. The predicted molar refractivity (Wildman–Crippen MR) is 132 cm³/mol. The molecule has 6 nitrogen and oxygen atoms in total. The van der Waals surface area contributed by atoms with Crippen molar-refractivity contribution in [2.75, 3.05) is 4.90 Å². The molecule has 0 radical (unpaired) electrons. The molecule has 0 saturated carbocycles. The number of ether oxygens (including phenoxy) is 1. The van der Waals surface area contributed by atoms with E-state index in [1.807, 2.05) is 43.3 Å². The minimum absolute atomic E-state index is 0.142. The maximum Gasteiger partial charge on any atom is 0.348 e. The van der Waals surface area contributed by atoms with E-state index in [2.05, 4.69) is 4.98 Å². The number of carbonyl (C=O) groups is 2. The Hall–Kier alpha value is -3.81. The first-order chi connectivity index (χ1) is 16.4. The van der Waals surface area contributed by atoms with Gasteiger partial charge in [0, 0.05) is 12.3 Å². The average Bonchev–Trinajstić information content (AvgIpc) is 3.31. The number of aromatic nitrogens is 1. The summed E-state index contributed by atoms with van der Waals surface area (Å²) in [6.45, 7) is 3.29. The lowest BCUT2D eigenvalue weighted by atomic mass is 9.86.